The van der Waals surface area contributed by atoms with Crippen LogP contribution in [0.25, 0.3) is 0 Å². The molecule has 30 heavy (non-hydrogen) atoms. The van der Waals surface area contributed by atoms with Crippen LogP contribution in [-0.4, -0.2) is 49.8 Å². The van der Waals surface area contributed by atoms with Gasteiger partial charge in [-0.15, -0.1) is 0 Å². The molecule has 0 aliphatic carbocycles. The molecule has 10 heteroatoms. The van der Waals surface area contributed by atoms with Crippen LogP contribution in [0.5, 0.6) is 0 Å². The van der Waals surface area contributed by atoms with E-state index in [4.69, 9.17) is 0 Å². The zero-order chi connectivity index (χ0) is 21.6. The van der Waals surface area contributed by atoms with E-state index < -0.39 is 47.3 Å². The van der Waals surface area contributed by atoms with E-state index in [0.29, 0.717) is 24.6 Å². The summed E-state index contributed by atoms with van der Waals surface area (Å²) in [6.45, 7) is 0. The average molecular weight is 422 g/mol. The highest BCUT2D eigenvalue weighted by Gasteiger charge is 2.53. The predicted molar refractivity (Wildman–Crippen MR) is 100 cm³/mol. The number of piperidine rings is 1. The number of hydrogen-bond donors (Lipinski definition) is 2. The SMILES string of the molecule is Cn1cc(NC(=O)c2ccc(F)c(C(F)(F)C(=O)N3C4CCC3CC(O)C4)c2)cn1. The maximum absolute atomic E-state index is 15.1. The molecule has 0 radical (unpaired) electrons. The van der Waals surface area contributed by atoms with Gasteiger partial charge in [-0.3, -0.25) is 14.3 Å². The Morgan fingerprint density at radius 1 is 1.23 bits per heavy atom. The second-order valence-corrected chi connectivity index (χ2v) is 7.85. The van der Waals surface area contributed by atoms with E-state index in [9.17, 15) is 19.1 Å². The van der Waals surface area contributed by atoms with Crippen molar-refractivity contribution in [1.29, 1.82) is 0 Å². The fraction of sp³-hybridized carbons (Fsp3) is 0.450. The second kappa shape index (κ2) is 7.42. The number of carbonyl (C=O) groups excluding carboxylic acids is 2. The minimum atomic E-state index is -4.14. The Kier molecular flexibility index (Phi) is 5.05. The van der Waals surface area contributed by atoms with E-state index in [1.165, 1.54) is 17.1 Å². The molecule has 2 unspecified atom stereocenters. The van der Waals surface area contributed by atoms with Crippen LogP contribution in [0, 0.1) is 5.82 Å². The summed E-state index contributed by atoms with van der Waals surface area (Å²) in [5.74, 6) is -7.63. The summed E-state index contributed by atoms with van der Waals surface area (Å²) < 4.78 is 46.0. The largest absolute Gasteiger partial charge is 0.393 e. The molecule has 2 saturated heterocycles. The quantitative estimate of drug-likeness (QED) is 0.792. The highest BCUT2D eigenvalue weighted by molar-refractivity contribution is 6.04. The average Bonchev–Trinajstić information content (AvgIpc) is 3.21. The molecule has 1 aromatic heterocycles. The fourth-order valence-electron chi connectivity index (χ4n) is 4.35. The van der Waals surface area contributed by atoms with Gasteiger partial charge in [0, 0.05) is 30.9 Å². The van der Waals surface area contributed by atoms with Gasteiger partial charge in [0.15, 0.2) is 0 Å². The Balaban J connectivity index is 1.60. The Morgan fingerprint density at radius 2 is 1.90 bits per heavy atom. The highest BCUT2D eigenvalue weighted by atomic mass is 19.3. The highest BCUT2D eigenvalue weighted by Crippen LogP contribution is 2.41. The van der Waals surface area contributed by atoms with Gasteiger partial charge in [-0.1, -0.05) is 0 Å². The number of fused-ring (bicyclic) bond motifs is 2. The number of aromatic nitrogens is 2. The third-order valence-electron chi connectivity index (χ3n) is 5.74. The number of carbonyl (C=O) groups is 2. The van der Waals surface area contributed by atoms with E-state index in [1.54, 1.807) is 7.05 Å². The molecule has 0 saturated carbocycles. The second-order valence-electron chi connectivity index (χ2n) is 7.85. The molecule has 2 aromatic rings. The van der Waals surface area contributed by atoms with Crippen LogP contribution in [0.2, 0.25) is 0 Å². The van der Waals surface area contributed by atoms with E-state index >= 15 is 8.78 Å². The van der Waals surface area contributed by atoms with Gasteiger partial charge in [-0.25, -0.2) is 4.39 Å². The number of benzene rings is 1. The smallest absolute Gasteiger partial charge is 0.352 e. The molecular weight excluding hydrogens is 401 g/mol. The van der Waals surface area contributed by atoms with Gasteiger partial charge in [-0.05, 0) is 43.9 Å². The lowest BCUT2D eigenvalue weighted by molar-refractivity contribution is -0.166. The van der Waals surface area contributed by atoms with Gasteiger partial charge in [0.05, 0.1) is 23.6 Å². The van der Waals surface area contributed by atoms with Crippen LogP contribution in [0.3, 0.4) is 0 Å². The van der Waals surface area contributed by atoms with Gasteiger partial charge in [0.1, 0.15) is 5.82 Å². The first-order chi connectivity index (χ1) is 14.2. The van der Waals surface area contributed by atoms with Crippen LogP contribution < -0.4 is 5.32 Å². The lowest BCUT2D eigenvalue weighted by Crippen LogP contribution is -2.53. The third-order valence-corrected chi connectivity index (χ3v) is 5.74. The lowest BCUT2D eigenvalue weighted by atomic mass is 9.96. The minimum Gasteiger partial charge on any atom is -0.393 e. The standard InChI is InChI=1S/C20H21F3N4O3/c1-26-10-12(9-24-26)25-18(29)11-2-5-17(21)16(6-11)20(22,23)19(30)27-13-3-4-14(27)8-15(28)7-13/h2,5-6,9-10,13-15,28H,3-4,7-8H2,1H3,(H,25,29). The minimum absolute atomic E-state index is 0.209. The van der Waals surface area contributed by atoms with Crippen LogP contribution in [0.4, 0.5) is 18.9 Å². The lowest BCUT2D eigenvalue weighted by Gasteiger charge is -2.39. The van der Waals surface area contributed by atoms with E-state index in [1.807, 2.05) is 0 Å². The monoisotopic (exact) mass is 422 g/mol. The molecule has 7 nitrogen and oxygen atoms in total. The molecule has 1 aromatic carbocycles. The molecule has 3 heterocycles. The summed E-state index contributed by atoms with van der Waals surface area (Å²) in [6.07, 6.45) is 3.78. The number of aryl methyl sites for hydroxylation is 1. The fourth-order valence-corrected chi connectivity index (χ4v) is 4.35. The number of alkyl halides is 2. The summed E-state index contributed by atoms with van der Waals surface area (Å²) in [7, 11) is 1.64. The number of rotatable bonds is 4. The molecule has 2 aliphatic heterocycles. The zero-order valence-corrected chi connectivity index (χ0v) is 16.2. The van der Waals surface area contributed by atoms with Crippen molar-refractivity contribution in [2.75, 3.05) is 5.32 Å². The number of nitrogens with zero attached hydrogens (tertiary/aromatic N) is 3. The summed E-state index contributed by atoms with van der Waals surface area (Å²) in [5.41, 5.74) is -1.00. The maximum Gasteiger partial charge on any atom is 0.352 e. The van der Waals surface area contributed by atoms with Gasteiger partial charge < -0.3 is 15.3 Å². The van der Waals surface area contributed by atoms with Gasteiger partial charge in [-0.2, -0.15) is 13.9 Å². The van der Waals surface area contributed by atoms with Crippen molar-refractivity contribution in [2.45, 2.75) is 49.8 Å². The Labute approximate surface area is 170 Å². The number of hydrogen-bond acceptors (Lipinski definition) is 4. The molecule has 2 aliphatic rings. The van der Waals surface area contributed by atoms with Crippen LogP contribution in [0.1, 0.15) is 41.6 Å². The first kappa shape index (κ1) is 20.4. The number of aliphatic hydroxyl groups excluding tert-OH is 1. The summed E-state index contributed by atoms with van der Waals surface area (Å²) in [4.78, 5) is 26.2. The first-order valence-corrected chi connectivity index (χ1v) is 9.65. The zero-order valence-electron chi connectivity index (χ0n) is 16.2. The van der Waals surface area contributed by atoms with E-state index in [2.05, 4.69) is 10.4 Å². The summed E-state index contributed by atoms with van der Waals surface area (Å²) in [6, 6.07) is 1.56. The molecule has 2 atom stereocenters. The molecule has 0 spiro atoms. The molecule has 2 fully saturated rings. The van der Waals surface area contributed by atoms with Crippen LogP contribution >= 0.6 is 0 Å². The van der Waals surface area contributed by atoms with E-state index in [0.717, 1.165) is 17.0 Å². The molecule has 4 rings (SSSR count). The van der Waals surface area contributed by atoms with Crippen LogP contribution in [-0.2, 0) is 17.8 Å². The first-order valence-electron chi connectivity index (χ1n) is 9.65. The van der Waals surface area contributed by atoms with Gasteiger partial charge >= 0.3 is 5.92 Å². The number of aliphatic hydroxyl groups is 1. The predicted octanol–water partition coefficient (Wildman–Crippen LogP) is 2.42. The third kappa shape index (κ3) is 3.55. The van der Waals surface area contributed by atoms with Gasteiger partial charge in [0.25, 0.3) is 11.8 Å². The number of anilines is 1. The van der Waals surface area contributed by atoms with Crippen molar-refractivity contribution in [3.8, 4) is 0 Å². The Morgan fingerprint density at radius 3 is 2.50 bits per heavy atom. The van der Waals surface area contributed by atoms with Crippen molar-refractivity contribution in [3.05, 3.63) is 47.5 Å². The Hall–Kier alpha value is -2.88. The van der Waals surface area contributed by atoms with E-state index in [-0.39, 0.29) is 18.4 Å². The Bertz CT molecular complexity index is 979. The van der Waals surface area contributed by atoms with Crippen molar-refractivity contribution in [3.63, 3.8) is 0 Å². The molecular formula is C20H21F3N4O3. The number of nitrogens with one attached hydrogen (secondary N) is 1. The van der Waals surface area contributed by atoms with Gasteiger partial charge in [0.2, 0.25) is 0 Å². The van der Waals surface area contributed by atoms with Crippen LogP contribution in [0.15, 0.2) is 30.6 Å². The van der Waals surface area contributed by atoms with Crippen molar-refractivity contribution >= 4 is 17.5 Å². The summed E-state index contributed by atoms with van der Waals surface area (Å²) >= 11 is 0. The molecule has 2 amide bonds. The molecule has 2 bridgehead atoms. The molecule has 2 N–H and O–H groups in total. The number of halogens is 3. The van der Waals surface area contributed by atoms with Crippen molar-refractivity contribution in [2.24, 2.45) is 7.05 Å². The number of amides is 2. The molecule has 160 valence electrons. The van der Waals surface area contributed by atoms with Crippen molar-refractivity contribution in [1.82, 2.24) is 14.7 Å². The summed E-state index contributed by atoms with van der Waals surface area (Å²) in [5, 5.41) is 16.2. The van der Waals surface area contributed by atoms with Crippen molar-refractivity contribution < 1.29 is 27.9 Å². The topological polar surface area (TPSA) is 87.5 Å². The maximum atomic E-state index is 15.1. The normalized spacial score (nSPS) is 23.5.